The van der Waals surface area contributed by atoms with Gasteiger partial charge in [0.05, 0.1) is 5.56 Å². The zero-order chi connectivity index (χ0) is 19.6. The number of alkyl halides is 3. The number of nitrogens with zero attached hydrogens (tertiary/aromatic N) is 2. The number of rotatable bonds is 4. The van der Waals surface area contributed by atoms with Gasteiger partial charge < -0.3 is 4.90 Å². The van der Waals surface area contributed by atoms with E-state index < -0.39 is 11.7 Å². The number of halogens is 3. The monoisotopic (exact) mass is 402 g/mol. The number of hydrogen-bond donors (Lipinski definition) is 0. The smallest absolute Gasteiger partial charge is 0.369 e. The Morgan fingerprint density at radius 2 is 1.57 bits per heavy atom. The molecule has 1 aliphatic heterocycles. The highest BCUT2D eigenvalue weighted by Gasteiger charge is 2.31. The summed E-state index contributed by atoms with van der Waals surface area (Å²) in [4.78, 5) is 6.98. The van der Waals surface area contributed by atoms with Crippen molar-refractivity contribution in [3.63, 3.8) is 0 Å². The number of piperazine rings is 1. The third-order valence-corrected chi connectivity index (χ3v) is 6.13. The van der Waals surface area contributed by atoms with Crippen LogP contribution in [0.1, 0.15) is 10.4 Å². The van der Waals surface area contributed by atoms with Crippen molar-refractivity contribution in [2.75, 3.05) is 31.1 Å². The average molecular weight is 402 g/mol. The van der Waals surface area contributed by atoms with Crippen molar-refractivity contribution >= 4 is 17.0 Å². The van der Waals surface area contributed by atoms with E-state index in [0.717, 1.165) is 38.8 Å². The normalized spacial score (nSPS) is 15.8. The van der Waals surface area contributed by atoms with E-state index in [9.17, 15) is 13.2 Å². The molecular weight excluding hydrogens is 381 g/mol. The molecule has 6 heteroatoms. The Morgan fingerprint density at radius 3 is 2.29 bits per heavy atom. The second-order valence-electron chi connectivity index (χ2n) is 6.94. The first-order valence-corrected chi connectivity index (χ1v) is 10.1. The van der Waals surface area contributed by atoms with Crippen molar-refractivity contribution in [3.05, 3.63) is 77.2 Å². The molecule has 1 saturated heterocycles. The van der Waals surface area contributed by atoms with Crippen LogP contribution in [-0.2, 0) is 12.7 Å². The summed E-state index contributed by atoms with van der Waals surface area (Å²) in [6, 6.07) is 20.3. The Bertz CT molecular complexity index is 913. The second-order valence-corrected chi connectivity index (χ2v) is 8.11. The van der Waals surface area contributed by atoms with E-state index in [-0.39, 0.29) is 0 Å². The maximum atomic E-state index is 12.9. The predicted molar refractivity (Wildman–Crippen MR) is 109 cm³/mol. The molecule has 2 aromatic carbocycles. The molecule has 0 atom stereocenters. The van der Waals surface area contributed by atoms with Crippen molar-refractivity contribution < 1.29 is 13.2 Å². The van der Waals surface area contributed by atoms with E-state index >= 15 is 0 Å². The summed E-state index contributed by atoms with van der Waals surface area (Å²) in [6.07, 6.45) is -4.30. The highest BCUT2D eigenvalue weighted by molar-refractivity contribution is 7.15. The van der Waals surface area contributed by atoms with E-state index in [1.165, 1.54) is 27.5 Å². The summed E-state index contributed by atoms with van der Waals surface area (Å²) in [7, 11) is 0. The molecule has 3 aromatic rings. The lowest BCUT2D eigenvalue weighted by molar-refractivity contribution is -0.137. The fraction of sp³-hybridized carbons (Fsp3) is 0.273. The number of hydrogen-bond acceptors (Lipinski definition) is 3. The maximum Gasteiger partial charge on any atom is 0.416 e. The summed E-state index contributed by atoms with van der Waals surface area (Å²) < 4.78 is 38.8. The first kappa shape index (κ1) is 19.0. The topological polar surface area (TPSA) is 6.48 Å². The Labute approximate surface area is 166 Å². The van der Waals surface area contributed by atoms with Gasteiger partial charge in [0.25, 0.3) is 0 Å². The van der Waals surface area contributed by atoms with Crippen LogP contribution in [0.2, 0.25) is 0 Å². The third kappa shape index (κ3) is 4.39. The SMILES string of the molecule is FC(F)(F)c1cccc(N2CCN(Cc3ccc(-c4ccccc4)s3)CC2)c1. The molecule has 0 radical (unpaired) electrons. The summed E-state index contributed by atoms with van der Waals surface area (Å²) in [5.41, 5.74) is 1.30. The maximum absolute atomic E-state index is 12.9. The van der Waals surface area contributed by atoms with Gasteiger partial charge in [0.2, 0.25) is 0 Å². The van der Waals surface area contributed by atoms with Crippen molar-refractivity contribution in [2.24, 2.45) is 0 Å². The molecule has 0 spiro atoms. The van der Waals surface area contributed by atoms with E-state index in [1.54, 1.807) is 17.4 Å². The van der Waals surface area contributed by atoms with Crippen LogP contribution < -0.4 is 4.90 Å². The molecule has 0 unspecified atom stereocenters. The van der Waals surface area contributed by atoms with Gasteiger partial charge in [-0.3, -0.25) is 4.90 Å². The van der Waals surface area contributed by atoms with Gasteiger partial charge in [0.15, 0.2) is 0 Å². The lowest BCUT2D eigenvalue weighted by atomic mass is 10.1. The molecular formula is C22H21F3N2S. The lowest BCUT2D eigenvalue weighted by Gasteiger charge is -2.36. The molecule has 1 aliphatic rings. The van der Waals surface area contributed by atoms with Crippen LogP contribution in [0, 0.1) is 0 Å². The minimum Gasteiger partial charge on any atom is -0.369 e. The summed E-state index contributed by atoms with van der Waals surface area (Å²) in [6.45, 7) is 4.04. The number of thiophene rings is 1. The van der Waals surface area contributed by atoms with Crippen LogP contribution in [0.25, 0.3) is 10.4 Å². The lowest BCUT2D eigenvalue weighted by Crippen LogP contribution is -2.45. The fourth-order valence-electron chi connectivity index (χ4n) is 3.48. The van der Waals surface area contributed by atoms with Crippen LogP contribution in [0.4, 0.5) is 18.9 Å². The summed E-state index contributed by atoms with van der Waals surface area (Å²) in [5.74, 6) is 0. The van der Waals surface area contributed by atoms with Gasteiger partial charge in [-0.25, -0.2) is 0 Å². The van der Waals surface area contributed by atoms with Crippen LogP contribution in [-0.4, -0.2) is 31.1 Å². The van der Waals surface area contributed by atoms with Gasteiger partial charge >= 0.3 is 6.18 Å². The van der Waals surface area contributed by atoms with Gasteiger partial charge in [-0.2, -0.15) is 13.2 Å². The molecule has 146 valence electrons. The van der Waals surface area contributed by atoms with Gasteiger partial charge in [-0.05, 0) is 35.9 Å². The van der Waals surface area contributed by atoms with Crippen molar-refractivity contribution in [2.45, 2.75) is 12.7 Å². The first-order valence-electron chi connectivity index (χ1n) is 9.28. The Kier molecular flexibility index (Phi) is 5.42. The molecule has 28 heavy (non-hydrogen) atoms. The molecule has 0 amide bonds. The standard InChI is InChI=1S/C22H21F3N2S/c23-22(24,25)18-7-4-8-19(15-18)27-13-11-26(12-14-27)16-20-9-10-21(28-20)17-5-2-1-3-6-17/h1-10,15H,11-14,16H2. The summed E-state index contributed by atoms with van der Waals surface area (Å²) >= 11 is 1.80. The van der Waals surface area contributed by atoms with Crippen LogP contribution in [0.3, 0.4) is 0 Å². The molecule has 2 nitrogen and oxygen atoms in total. The first-order chi connectivity index (χ1) is 13.5. The number of anilines is 1. The minimum absolute atomic E-state index is 0.584. The second kappa shape index (κ2) is 7.97. The fourth-order valence-corrected chi connectivity index (χ4v) is 4.54. The van der Waals surface area contributed by atoms with Crippen molar-refractivity contribution in [3.8, 4) is 10.4 Å². The van der Waals surface area contributed by atoms with E-state index in [2.05, 4.69) is 29.2 Å². The van der Waals surface area contributed by atoms with E-state index in [1.807, 2.05) is 23.1 Å². The zero-order valence-electron chi connectivity index (χ0n) is 15.3. The van der Waals surface area contributed by atoms with Crippen molar-refractivity contribution in [1.82, 2.24) is 4.90 Å². The zero-order valence-corrected chi connectivity index (χ0v) is 16.1. The highest BCUT2D eigenvalue weighted by atomic mass is 32.1. The van der Waals surface area contributed by atoms with Gasteiger partial charge in [-0.15, -0.1) is 11.3 Å². The average Bonchev–Trinajstić information content (AvgIpc) is 3.17. The third-order valence-electron chi connectivity index (χ3n) is 5.01. The molecule has 0 saturated carbocycles. The van der Waals surface area contributed by atoms with E-state index in [0.29, 0.717) is 5.69 Å². The number of benzene rings is 2. The van der Waals surface area contributed by atoms with Gasteiger partial charge in [-0.1, -0.05) is 36.4 Å². The van der Waals surface area contributed by atoms with Crippen LogP contribution >= 0.6 is 11.3 Å². The molecule has 0 aliphatic carbocycles. The van der Waals surface area contributed by atoms with Crippen molar-refractivity contribution in [1.29, 1.82) is 0 Å². The Balaban J connectivity index is 1.36. The molecule has 0 bridgehead atoms. The Hall–Kier alpha value is -2.31. The van der Waals surface area contributed by atoms with E-state index in [4.69, 9.17) is 0 Å². The molecule has 1 aromatic heterocycles. The molecule has 1 fully saturated rings. The highest BCUT2D eigenvalue weighted by Crippen LogP contribution is 2.32. The Morgan fingerprint density at radius 1 is 0.821 bits per heavy atom. The quantitative estimate of drug-likeness (QED) is 0.548. The summed E-state index contributed by atoms with van der Waals surface area (Å²) in [5, 5.41) is 0. The van der Waals surface area contributed by atoms with Crippen LogP contribution in [0.5, 0.6) is 0 Å². The minimum atomic E-state index is -4.30. The molecule has 4 rings (SSSR count). The van der Waals surface area contributed by atoms with Gasteiger partial charge in [0.1, 0.15) is 0 Å². The molecule has 2 heterocycles. The molecule has 0 N–H and O–H groups in total. The van der Waals surface area contributed by atoms with Gasteiger partial charge in [0, 0.05) is 48.2 Å². The van der Waals surface area contributed by atoms with Crippen LogP contribution in [0.15, 0.2) is 66.7 Å². The largest absolute Gasteiger partial charge is 0.416 e. The predicted octanol–water partition coefficient (Wildman–Crippen LogP) is 5.76.